The monoisotopic (exact) mass is 367 g/mol. The van der Waals surface area contributed by atoms with Crippen LogP contribution in [0.4, 0.5) is 6.01 Å². The Morgan fingerprint density at radius 3 is 2.44 bits per heavy atom. The Labute approximate surface area is 158 Å². The van der Waals surface area contributed by atoms with Crippen LogP contribution in [0, 0.1) is 0 Å². The van der Waals surface area contributed by atoms with E-state index in [1.807, 2.05) is 6.07 Å². The maximum atomic E-state index is 5.77. The Bertz CT molecular complexity index is 585. The molecule has 1 aromatic heterocycles. The number of unbranched alkanes of at least 4 members (excludes halogenated alkanes) is 7. The number of nitrogens with zero attached hydrogens (tertiary/aromatic N) is 1. The molecule has 0 amide bonds. The summed E-state index contributed by atoms with van der Waals surface area (Å²) >= 11 is 0. The van der Waals surface area contributed by atoms with Crippen molar-refractivity contribution in [2.24, 2.45) is 5.73 Å². The highest BCUT2D eigenvalue weighted by atomic mass is 35.5. The van der Waals surface area contributed by atoms with Crippen molar-refractivity contribution in [1.82, 2.24) is 4.98 Å². The Balaban J connectivity index is 0.00000312. The molecule has 0 spiro atoms. The zero-order valence-electron chi connectivity index (χ0n) is 15.6. The van der Waals surface area contributed by atoms with Gasteiger partial charge in [-0.15, -0.1) is 12.4 Å². The molecule has 142 valence electrons. The lowest BCUT2D eigenvalue weighted by atomic mass is 10.0. The minimum atomic E-state index is 0. The topological polar surface area (TPSA) is 64.1 Å². The van der Waals surface area contributed by atoms with Crippen molar-refractivity contribution < 1.29 is 4.42 Å². The van der Waals surface area contributed by atoms with E-state index in [2.05, 4.69) is 29.4 Å². The number of oxazole rings is 1. The maximum absolute atomic E-state index is 5.77. The summed E-state index contributed by atoms with van der Waals surface area (Å²) < 4.78 is 5.77. The molecule has 0 aliphatic heterocycles. The fourth-order valence-electron chi connectivity index (χ4n) is 3.03. The van der Waals surface area contributed by atoms with Crippen LogP contribution in [0.2, 0.25) is 0 Å². The minimum Gasteiger partial charge on any atom is -0.424 e. The van der Waals surface area contributed by atoms with Gasteiger partial charge in [0.25, 0.3) is 6.01 Å². The van der Waals surface area contributed by atoms with E-state index < -0.39 is 0 Å². The van der Waals surface area contributed by atoms with Gasteiger partial charge in [0.15, 0.2) is 5.58 Å². The number of aromatic nitrogens is 1. The van der Waals surface area contributed by atoms with Crippen LogP contribution in [0.1, 0.15) is 70.3 Å². The van der Waals surface area contributed by atoms with Crippen LogP contribution in [0.15, 0.2) is 22.6 Å². The smallest absolute Gasteiger partial charge is 0.295 e. The van der Waals surface area contributed by atoms with Gasteiger partial charge in [-0.1, -0.05) is 64.0 Å². The summed E-state index contributed by atoms with van der Waals surface area (Å²) in [5, 5.41) is 3.21. The Kier molecular flexibility index (Phi) is 11.3. The number of para-hydroxylation sites is 1. The summed E-state index contributed by atoms with van der Waals surface area (Å²) in [5.41, 5.74) is 8.70. The van der Waals surface area contributed by atoms with E-state index in [0.29, 0.717) is 12.6 Å². The number of hydrogen-bond donors (Lipinski definition) is 2. The molecule has 0 fully saturated rings. The van der Waals surface area contributed by atoms with Gasteiger partial charge in [0.2, 0.25) is 0 Å². The molecule has 0 unspecified atom stereocenters. The van der Waals surface area contributed by atoms with Gasteiger partial charge in [-0.3, -0.25) is 0 Å². The third-order valence-electron chi connectivity index (χ3n) is 4.46. The second-order valence-corrected chi connectivity index (χ2v) is 6.58. The number of anilines is 1. The highest BCUT2D eigenvalue weighted by Gasteiger charge is 2.09. The van der Waals surface area contributed by atoms with Crippen molar-refractivity contribution in [2.45, 2.75) is 71.1 Å². The molecule has 0 radical (unpaired) electrons. The molecule has 0 saturated carbocycles. The highest BCUT2D eigenvalue weighted by Crippen LogP contribution is 2.24. The molecule has 0 bridgehead atoms. The molecule has 2 rings (SSSR count). The van der Waals surface area contributed by atoms with E-state index in [0.717, 1.165) is 30.5 Å². The van der Waals surface area contributed by atoms with Gasteiger partial charge >= 0.3 is 0 Å². The zero-order valence-corrected chi connectivity index (χ0v) is 16.4. The molecule has 1 aromatic carbocycles. The molecule has 0 aliphatic rings. The molecule has 0 saturated heterocycles. The largest absolute Gasteiger partial charge is 0.424 e. The number of hydrogen-bond acceptors (Lipinski definition) is 4. The van der Waals surface area contributed by atoms with E-state index in [4.69, 9.17) is 10.2 Å². The molecule has 25 heavy (non-hydrogen) atoms. The number of fused-ring (bicyclic) bond motifs is 1. The first-order chi connectivity index (χ1) is 11.8. The van der Waals surface area contributed by atoms with Gasteiger partial charge in [-0.05, 0) is 37.4 Å². The predicted molar refractivity (Wildman–Crippen MR) is 110 cm³/mol. The summed E-state index contributed by atoms with van der Waals surface area (Å²) in [6.45, 7) is 3.75. The van der Waals surface area contributed by atoms with Crippen LogP contribution in [-0.4, -0.2) is 18.1 Å². The first-order valence-electron chi connectivity index (χ1n) is 9.67. The molecule has 1 heterocycles. The molecular formula is C20H34ClN3O. The first kappa shape index (κ1) is 21.8. The van der Waals surface area contributed by atoms with E-state index in [1.54, 1.807) is 0 Å². The van der Waals surface area contributed by atoms with Crippen molar-refractivity contribution in [3.63, 3.8) is 0 Å². The third kappa shape index (κ3) is 7.66. The Morgan fingerprint density at radius 1 is 1.00 bits per heavy atom. The quantitative estimate of drug-likeness (QED) is 0.446. The summed E-state index contributed by atoms with van der Waals surface area (Å²) in [7, 11) is 0. The summed E-state index contributed by atoms with van der Waals surface area (Å²) in [6, 6.07) is 6.85. The zero-order chi connectivity index (χ0) is 17.0. The van der Waals surface area contributed by atoms with E-state index >= 15 is 0 Å². The van der Waals surface area contributed by atoms with E-state index in [9.17, 15) is 0 Å². The molecular weight excluding hydrogens is 334 g/mol. The fourth-order valence-corrected chi connectivity index (χ4v) is 3.03. The summed E-state index contributed by atoms with van der Waals surface area (Å²) in [5.74, 6) is 0. The number of halogens is 1. The van der Waals surface area contributed by atoms with Crippen molar-refractivity contribution in [2.75, 3.05) is 18.4 Å². The predicted octanol–water partition coefficient (Wildman–Crippen LogP) is 5.69. The number of rotatable bonds is 13. The van der Waals surface area contributed by atoms with Crippen LogP contribution >= 0.6 is 12.4 Å². The SMILES string of the molecule is CCCCCCCCCCc1cccc2oc(NCCCN)nc12.Cl. The van der Waals surface area contributed by atoms with Crippen molar-refractivity contribution in [3.8, 4) is 0 Å². The molecule has 5 heteroatoms. The molecule has 4 nitrogen and oxygen atoms in total. The van der Waals surface area contributed by atoms with Gasteiger partial charge in [0.1, 0.15) is 5.52 Å². The van der Waals surface area contributed by atoms with Gasteiger partial charge in [0, 0.05) is 6.54 Å². The van der Waals surface area contributed by atoms with Crippen molar-refractivity contribution in [3.05, 3.63) is 23.8 Å². The lowest BCUT2D eigenvalue weighted by molar-refractivity contribution is 0.576. The van der Waals surface area contributed by atoms with Crippen molar-refractivity contribution in [1.29, 1.82) is 0 Å². The van der Waals surface area contributed by atoms with Crippen LogP contribution in [0.3, 0.4) is 0 Å². The lowest BCUT2D eigenvalue weighted by Crippen LogP contribution is -2.08. The highest BCUT2D eigenvalue weighted by molar-refractivity contribution is 5.85. The second-order valence-electron chi connectivity index (χ2n) is 6.58. The number of nitrogens with two attached hydrogens (primary N) is 1. The Hall–Kier alpha value is -1.26. The number of aryl methyl sites for hydroxylation is 1. The third-order valence-corrected chi connectivity index (χ3v) is 4.46. The molecule has 0 atom stereocenters. The summed E-state index contributed by atoms with van der Waals surface area (Å²) in [6.07, 6.45) is 12.8. The normalized spacial score (nSPS) is 10.8. The first-order valence-corrected chi connectivity index (χ1v) is 9.67. The average Bonchev–Trinajstić information content (AvgIpc) is 3.01. The van der Waals surface area contributed by atoms with Crippen LogP contribution in [0.25, 0.3) is 11.1 Å². The van der Waals surface area contributed by atoms with Crippen LogP contribution in [-0.2, 0) is 6.42 Å². The van der Waals surface area contributed by atoms with Crippen LogP contribution in [0.5, 0.6) is 0 Å². The Morgan fingerprint density at radius 2 is 1.72 bits per heavy atom. The van der Waals surface area contributed by atoms with Crippen molar-refractivity contribution >= 4 is 29.5 Å². The van der Waals surface area contributed by atoms with E-state index in [1.165, 1.54) is 56.9 Å². The van der Waals surface area contributed by atoms with Gasteiger partial charge in [0.05, 0.1) is 0 Å². The summed E-state index contributed by atoms with van der Waals surface area (Å²) in [4.78, 5) is 4.61. The molecule has 3 N–H and O–H groups in total. The van der Waals surface area contributed by atoms with Gasteiger partial charge in [-0.25, -0.2) is 0 Å². The molecule has 2 aromatic rings. The van der Waals surface area contributed by atoms with Gasteiger partial charge in [-0.2, -0.15) is 4.98 Å². The standard InChI is InChI=1S/C20H33N3O.ClH/c1-2-3-4-5-6-7-8-9-12-17-13-10-14-18-19(17)23-20(24-18)22-16-11-15-21;/h10,13-14H,2-9,11-12,15-16,21H2,1H3,(H,22,23);1H. The fraction of sp³-hybridized carbons (Fsp3) is 0.650. The van der Waals surface area contributed by atoms with Gasteiger partial charge < -0.3 is 15.5 Å². The second kappa shape index (κ2) is 13.0. The number of nitrogens with one attached hydrogen (secondary N) is 1. The van der Waals surface area contributed by atoms with E-state index in [-0.39, 0.29) is 12.4 Å². The maximum Gasteiger partial charge on any atom is 0.295 e. The molecule has 0 aliphatic carbocycles. The minimum absolute atomic E-state index is 0. The average molecular weight is 368 g/mol. The lowest BCUT2D eigenvalue weighted by Gasteiger charge is -2.03. The van der Waals surface area contributed by atoms with Crippen LogP contribution < -0.4 is 11.1 Å². The number of benzene rings is 1.